The van der Waals surface area contributed by atoms with E-state index in [1.165, 1.54) is 37.9 Å². The first kappa shape index (κ1) is 11.2. The number of hydrogen-bond donors (Lipinski definition) is 1. The van der Waals surface area contributed by atoms with Crippen molar-refractivity contribution in [2.24, 2.45) is 4.99 Å². The van der Waals surface area contributed by atoms with E-state index >= 15 is 0 Å². The summed E-state index contributed by atoms with van der Waals surface area (Å²) in [4.78, 5) is 4.59. The summed E-state index contributed by atoms with van der Waals surface area (Å²) in [7, 11) is 0. The maximum Gasteiger partial charge on any atom is 0.157 e. The Hall–Kier alpha value is -0.900. The van der Waals surface area contributed by atoms with Gasteiger partial charge in [-0.3, -0.25) is 4.99 Å². The molecule has 3 rings (SSSR count). The van der Waals surface area contributed by atoms with Crippen molar-refractivity contribution in [3.63, 3.8) is 0 Å². The molecule has 1 aliphatic carbocycles. The van der Waals surface area contributed by atoms with Gasteiger partial charge in [0.25, 0.3) is 0 Å². The van der Waals surface area contributed by atoms with E-state index in [2.05, 4.69) is 10.3 Å². The zero-order chi connectivity index (χ0) is 11.6. The van der Waals surface area contributed by atoms with Crippen molar-refractivity contribution in [1.29, 1.82) is 0 Å². The van der Waals surface area contributed by atoms with Gasteiger partial charge in [-0.05, 0) is 25.0 Å². The van der Waals surface area contributed by atoms with Gasteiger partial charge >= 0.3 is 0 Å². The van der Waals surface area contributed by atoms with E-state index in [1.807, 2.05) is 23.9 Å². The van der Waals surface area contributed by atoms with E-state index in [9.17, 15) is 0 Å². The molecule has 0 aromatic carbocycles. The Morgan fingerprint density at radius 1 is 1.35 bits per heavy atom. The van der Waals surface area contributed by atoms with Gasteiger partial charge in [-0.1, -0.05) is 31.0 Å². The molecule has 1 N–H and O–H groups in total. The molecular formula is C13H18N2OS. The lowest BCUT2D eigenvalue weighted by atomic mass is 9.83. The molecule has 1 saturated carbocycles. The van der Waals surface area contributed by atoms with Crippen LogP contribution in [0.1, 0.15) is 37.9 Å². The molecule has 2 aliphatic rings. The normalized spacial score (nSPS) is 25.3. The minimum absolute atomic E-state index is 0.352. The van der Waals surface area contributed by atoms with Gasteiger partial charge in [0, 0.05) is 11.3 Å². The molecule has 1 spiro atoms. The third kappa shape index (κ3) is 2.51. The minimum atomic E-state index is 0.352. The lowest BCUT2D eigenvalue weighted by Gasteiger charge is -2.32. The van der Waals surface area contributed by atoms with E-state index in [4.69, 9.17) is 4.42 Å². The maximum atomic E-state index is 5.29. The monoisotopic (exact) mass is 250 g/mol. The molecule has 17 heavy (non-hydrogen) atoms. The summed E-state index contributed by atoms with van der Waals surface area (Å²) in [5.74, 6) is 2.12. The second-order valence-electron chi connectivity index (χ2n) is 4.96. The topological polar surface area (TPSA) is 37.5 Å². The van der Waals surface area contributed by atoms with Gasteiger partial charge in [0.2, 0.25) is 0 Å². The van der Waals surface area contributed by atoms with Crippen molar-refractivity contribution in [1.82, 2.24) is 5.32 Å². The molecule has 4 heteroatoms. The fraction of sp³-hybridized carbons (Fsp3) is 0.615. The van der Waals surface area contributed by atoms with Crippen LogP contribution in [0.3, 0.4) is 0 Å². The minimum Gasteiger partial charge on any atom is -0.467 e. The number of amidine groups is 1. The van der Waals surface area contributed by atoms with Gasteiger partial charge in [-0.25, -0.2) is 0 Å². The predicted molar refractivity (Wildman–Crippen MR) is 71.3 cm³/mol. The van der Waals surface area contributed by atoms with Crippen LogP contribution in [0.15, 0.2) is 27.8 Å². The molecule has 1 aromatic rings. The van der Waals surface area contributed by atoms with Crippen LogP contribution in [0.2, 0.25) is 0 Å². The zero-order valence-electron chi connectivity index (χ0n) is 9.95. The molecule has 92 valence electrons. The van der Waals surface area contributed by atoms with Crippen LogP contribution in [-0.4, -0.2) is 16.5 Å². The third-order valence-electron chi connectivity index (χ3n) is 3.63. The smallest absolute Gasteiger partial charge is 0.157 e. The second-order valence-corrected chi connectivity index (χ2v) is 5.92. The first-order chi connectivity index (χ1) is 8.36. The molecule has 0 radical (unpaired) electrons. The SMILES string of the molecule is c1coc(CN=C2NC3(CCCCC3)CS2)c1. The summed E-state index contributed by atoms with van der Waals surface area (Å²) in [6.45, 7) is 0.651. The highest BCUT2D eigenvalue weighted by atomic mass is 32.2. The van der Waals surface area contributed by atoms with Gasteiger partial charge < -0.3 is 9.73 Å². The van der Waals surface area contributed by atoms with Crippen molar-refractivity contribution in [2.75, 3.05) is 5.75 Å². The van der Waals surface area contributed by atoms with Crippen molar-refractivity contribution in [2.45, 2.75) is 44.2 Å². The predicted octanol–water partition coefficient (Wildman–Crippen LogP) is 3.17. The highest BCUT2D eigenvalue weighted by Crippen LogP contribution is 2.36. The largest absolute Gasteiger partial charge is 0.467 e. The highest BCUT2D eigenvalue weighted by molar-refractivity contribution is 8.14. The van der Waals surface area contributed by atoms with Gasteiger partial charge in [-0.15, -0.1) is 0 Å². The van der Waals surface area contributed by atoms with Crippen molar-refractivity contribution < 1.29 is 4.42 Å². The van der Waals surface area contributed by atoms with Crippen LogP contribution in [-0.2, 0) is 6.54 Å². The summed E-state index contributed by atoms with van der Waals surface area (Å²) in [5, 5.41) is 4.74. The molecule has 0 atom stereocenters. The van der Waals surface area contributed by atoms with E-state index in [0.29, 0.717) is 12.1 Å². The number of nitrogens with one attached hydrogen (secondary N) is 1. The Balaban J connectivity index is 1.61. The van der Waals surface area contributed by atoms with Crippen LogP contribution in [0.5, 0.6) is 0 Å². The summed E-state index contributed by atoms with van der Waals surface area (Å²) in [5.41, 5.74) is 0.352. The summed E-state index contributed by atoms with van der Waals surface area (Å²) in [6.07, 6.45) is 8.43. The quantitative estimate of drug-likeness (QED) is 0.876. The van der Waals surface area contributed by atoms with E-state index in [-0.39, 0.29) is 0 Å². The molecule has 0 bridgehead atoms. The molecule has 2 fully saturated rings. The van der Waals surface area contributed by atoms with Gasteiger partial charge in [0.1, 0.15) is 5.76 Å². The number of hydrogen-bond acceptors (Lipinski definition) is 3. The molecule has 0 unspecified atom stereocenters. The molecular weight excluding hydrogens is 232 g/mol. The van der Waals surface area contributed by atoms with Crippen molar-refractivity contribution in [3.8, 4) is 0 Å². The highest BCUT2D eigenvalue weighted by Gasteiger charge is 2.37. The molecule has 3 nitrogen and oxygen atoms in total. The molecule has 1 saturated heterocycles. The average molecular weight is 250 g/mol. The van der Waals surface area contributed by atoms with Crippen LogP contribution in [0, 0.1) is 0 Å². The number of thioether (sulfide) groups is 1. The molecule has 2 heterocycles. The first-order valence-corrected chi connectivity index (χ1v) is 7.33. The number of aliphatic imine (C=N–C) groups is 1. The second kappa shape index (κ2) is 4.77. The van der Waals surface area contributed by atoms with E-state index < -0.39 is 0 Å². The molecule has 1 aliphatic heterocycles. The van der Waals surface area contributed by atoms with Crippen LogP contribution >= 0.6 is 11.8 Å². The maximum absolute atomic E-state index is 5.29. The Kier molecular flexibility index (Phi) is 3.14. The average Bonchev–Trinajstić information content (AvgIpc) is 2.98. The van der Waals surface area contributed by atoms with Gasteiger partial charge in [0.15, 0.2) is 5.17 Å². The Bertz CT molecular complexity index is 394. The standard InChI is InChI=1S/C13H18N2OS/c1-2-6-13(7-3-1)10-17-12(15-13)14-9-11-5-4-8-16-11/h4-5,8H,1-3,6-7,9-10H2,(H,14,15). The number of furan rings is 1. The van der Waals surface area contributed by atoms with Crippen molar-refractivity contribution in [3.05, 3.63) is 24.2 Å². The summed E-state index contributed by atoms with van der Waals surface area (Å²) in [6, 6.07) is 3.88. The Morgan fingerprint density at radius 2 is 2.24 bits per heavy atom. The number of nitrogens with zero attached hydrogens (tertiary/aromatic N) is 1. The van der Waals surface area contributed by atoms with E-state index in [0.717, 1.165) is 10.9 Å². The Morgan fingerprint density at radius 3 is 3.00 bits per heavy atom. The van der Waals surface area contributed by atoms with Crippen molar-refractivity contribution >= 4 is 16.9 Å². The Labute approximate surface area is 106 Å². The first-order valence-electron chi connectivity index (χ1n) is 6.34. The number of rotatable bonds is 2. The lowest BCUT2D eigenvalue weighted by molar-refractivity contribution is 0.303. The third-order valence-corrected chi connectivity index (χ3v) is 4.83. The zero-order valence-corrected chi connectivity index (χ0v) is 10.8. The lowest BCUT2D eigenvalue weighted by Crippen LogP contribution is -2.45. The van der Waals surface area contributed by atoms with Crippen LogP contribution < -0.4 is 5.32 Å². The molecule has 1 aromatic heterocycles. The van der Waals surface area contributed by atoms with Gasteiger partial charge in [-0.2, -0.15) is 0 Å². The van der Waals surface area contributed by atoms with Crippen LogP contribution in [0.25, 0.3) is 0 Å². The van der Waals surface area contributed by atoms with Crippen LogP contribution in [0.4, 0.5) is 0 Å². The van der Waals surface area contributed by atoms with Gasteiger partial charge in [0.05, 0.1) is 12.8 Å². The molecule has 0 amide bonds. The fourth-order valence-corrected chi connectivity index (χ4v) is 3.86. The summed E-state index contributed by atoms with van der Waals surface area (Å²) >= 11 is 1.87. The fourth-order valence-electron chi connectivity index (χ4n) is 2.64. The summed E-state index contributed by atoms with van der Waals surface area (Å²) < 4.78 is 5.29. The van der Waals surface area contributed by atoms with E-state index in [1.54, 1.807) is 6.26 Å².